The molecule has 3 saturated carbocycles. The summed E-state index contributed by atoms with van der Waals surface area (Å²) in [4.78, 5) is 0. The fraction of sp³-hybridized carbons (Fsp3) is 0.676. The zero-order valence-electron chi connectivity index (χ0n) is 26.4. The minimum atomic E-state index is -0.402. The van der Waals surface area contributed by atoms with Gasteiger partial charge in [-0.2, -0.15) is 0 Å². The monoisotopic (exact) mass is 578 g/mol. The number of hydrogen-bond acceptors (Lipinski definition) is 2. The highest BCUT2D eigenvalue weighted by Crippen LogP contribution is 2.43. The first-order chi connectivity index (χ1) is 20.3. The van der Waals surface area contributed by atoms with Gasteiger partial charge in [-0.25, -0.2) is 8.78 Å². The molecule has 0 radical (unpaired) electrons. The van der Waals surface area contributed by atoms with Gasteiger partial charge in [0, 0.05) is 5.56 Å². The molecule has 3 fully saturated rings. The molecule has 0 aromatic heterocycles. The highest BCUT2D eigenvalue weighted by atomic mass is 19.1. The molecule has 5 heteroatoms. The standard InChI is InChI=1S/C37H53BF2O2/c1-24-16-34(42-38-41)17-25(2)35(24)21-32-14-12-30(13-15-32)19-28-6-4-27(5-7-28)18-29-8-10-31(11-9-29)20-33-22-36(39)26(3)37(40)23-33/h16-17,22-23,27-32,38,41H,4-15,18-21H2,1-3H3. The Balaban J connectivity index is 0.973. The van der Waals surface area contributed by atoms with Crippen LogP contribution in [0.15, 0.2) is 24.3 Å². The van der Waals surface area contributed by atoms with Crippen LogP contribution in [0, 0.1) is 67.9 Å². The molecule has 0 atom stereocenters. The average molecular weight is 579 g/mol. The fourth-order valence-corrected chi connectivity index (χ4v) is 8.86. The lowest BCUT2D eigenvalue weighted by molar-refractivity contribution is 0.164. The zero-order chi connectivity index (χ0) is 29.6. The largest absolute Gasteiger partial charge is 0.539 e. The summed E-state index contributed by atoms with van der Waals surface area (Å²) >= 11 is 0. The summed E-state index contributed by atoms with van der Waals surface area (Å²) in [5, 5.41) is 9.08. The highest BCUT2D eigenvalue weighted by Gasteiger charge is 2.30. The van der Waals surface area contributed by atoms with E-state index < -0.39 is 11.6 Å². The Hall–Kier alpha value is -1.88. The van der Waals surface area contributed by atoms with Crippen LogP contribution >= 0.6 is 0 Å². The van der Waals surface area contributed by atoms with E-state index in [1.54, 1.807) is 12.1 Å². The molecular formula is C37H53BF2O2. The first kappa shape index (κ1) is 31.5. The van der Waals surface area contributed by atoms with Crippen LogP contribution < -0.4 is 4.65 Å². The van der Waals surface area contributed by atoms with Gasteiger partial charge in [-0.05, 0) is 154 Å². The van der Waals surface area contributed by atoms with Crippen molar-refractivity contribution >= 4 is 7.69 Å². The van der Waals surface area contributed by atoms with Crippen LogP contribution in [0.4, 0.5) is 8.78 Å². The van der Waals surface area contributed by atoms with E-state index in [1.807, 2.05) is 0 Å². The molecule has 0 saturated heterocycles. The van der Waals surface area contributed by atoms with Crippen molar-refractivity contribution in [2.45, 2.75) is 124 Å². The van der Waals surface area contributed by atoms with Crippen LogP contribution in [-0.4, -0.2) is 12.7 Å². The molecule has 0 bridgehead atoms. The number of hydrogen-bond donors (Lipinski definition) is 1. The van der Waals surface area contributed by atoms with Gasteiger partial charge in [0.1, 0.15) is 17.4 Å². The molecule has 5 rings (SSSR count). The maximum atomic E-state index is 14.0. The van der Waals surface area contributed by atoms with Crippen molar-refractivity contribution in [2.24, 2.45) is 35.5 Å². The number of rotatable bonds is 10. The van der Waals surface area contributed by atoms with Crippen LogP contribution in [0.25, 0.3) is 0 Å². The van der Waals surface area contributed by atoms with Gasteiger partial charge in [0.05, 0.1) is 0 Å². The molecule has 3 aliphatic rings. The van der Waals surface area contributed by atoms with Gasteiger partial charge in [0.15, 0.2) is 0 Å². The fourth-order valence-electron chi connectivity index (χ4n) is 8.86. The highest BCUT2D eigenvalue weighted by molar-refractivity contribution is 6.17. The van der Waals surface area contributed by atoms with Crippen molar-refractivity contribution in [1.29, 1.82) is 0 Å². The molecule has 2 aromatic carbocycles. The van der Waals surface area contributed by atoms with Crippen molar-refractivity contribution in [2.75, 3.05) is 0 Å². The van der Waals surface area contributed by atoms with Crippen molar-refractivity contribution in [1.82, 2.24) is 0 Å². The SMILES string of the molecule is Cc1cc(OBO)cc(C)c1CC1CCC(CC2CCC(CC3CCC(Cc4cc(F)c(C)c(F)c4)CC3)CC2)CC1. The number of aryl methyl sites for hydroxylation is 2. The molecule has 230 valence electrons. The molecule has 0 unspecified atom stereocenters. The summed E-state index contributed by atoms with van der Waals surface area (Å²) in [5.41, 5.74) is 5.03. The van der Waals surface area contributed by atoms with E-state index >= 15 is 0 Å². The lowest BCUT2D eigenvalue weighted by Gasteiger charge is -2.36. The van der Waals surface area contributed by atoms with Crippen molar-refractivity contribution in [3.63, 3.8) is 0 Å². The molecule has 2 aromatic rings. The summed E-state index contributed by atoms with van der Waals surface area (Å²) in [5.74, 6) is 4.99. The Kier molecular flexibility index (Phi) is 11.1. The topological polar surface area (TPSA) is 29.5 Å². The summed E-state index contributed by atoms with van der Waals surface area (Å²) in [6.45, 7) is 5.87. The van der Waals surface area contributed by atoms with Gasteiger partial charge < -0.3 is 9.68 Å². The lowest BCUT2D eigenvalue weighted by atomic mass is 9.69. The second kappa shape index (κ2) is 14.7. The zero-order valence-corrected chi connectivity index (χ0v) is 26.4. The summed E-state index contributed by atoms with van der Waals surface area (Å²) in [6, 6.07) is 7.25. The van der Waals surface area contributed by atoms with Crippen LogP contribution in [0.2, 0.25) is 0 Å². The van der Waals surface area contributed by atoms with E-state index in [0.717, 1.165) is 47.3 Å². The molecular weight excluding hydrogens is 525 g/mol. The smallest absolute Gasteiger partial charge is 0.504 e. The second-order valence-electron chi connectivity index (χ2n) is 14.5. The third-order valence-corrected chi connectivity index (χ3v) is 11.5. The molecule has 42 heavy (non-hydrogen) atoms. The molecule has 0 amide bonds. The predicted octanol–water partition coefficient (Wildman–Crippen LogP) is 9.51. The van der Waals surface area contributed by atoms with Crippen molar-refractivity contribution < 1.29 is 18.5 Å². The Labute approximate surface area is 254 Å². The van der Waals surface area contributed by atoms with Crippen molar-refractivity contribution in [3.05, 3.63) is 63.7 Å². The normalized spacial score (nSPS) is 28.4. The van der Waals surface area contributed by atoms with Gasteiger partial charge >= 0.3 is 7.69 Å². The van der Waals surface area contributed by atoms with Crippen LogP contribution in [0.3, 0.4) is 0 Å². The van der Waals surface area contributed by atoms with E-state index in [-0.39, 0.29) is 13.2 Å². The quantitative estimate of drug-likeness (QED) is 0.285. The van der Waals surface area contributed by atoms with Crippen molar-refractivity contribution in [3.8, 4) is 5.75 Å². The number of halogens is 2. The van der Waals surface area contributed by atoms with Crippen LogP contribution in [0.1, 0.15) is 118 Å². The molecule has 1 N–H and O–H groups in total. The predicted molar refractivity (Wildman–Crippen MR) is 170 cm³/mol. The Morgan fingerprint density at radius 3 is 1.40 bits per heavy atom. The third-order valence-electron chi connectivity index (χ3n) is 11.5. The maximum Gasteiger partial charge on any atom is 0.504 e. The first-order valence-corrected chi connectivity index (χ1v) is 17.1. The summed E-state index contributed by atoms with van der Waals surface area (Å²) in [7, 11) is -0.268. The lowest BCUT2D eigenvalue weighted by Crippen LogP contribution is -2.24. The van der Waals surface area contributed by atoms with E-state index in [9.17, 15) is 8.78 Å². The minimum absolute atomic E-state index is 0.139. The molecule has 3 aliphatic carbocycles. The Bertz CT molecular complexity index is 1110. The third kappa shape index (κ3) is 8.39. The molecule has 0 aliphatic heterocycles. The van der Waals surface area contributed by atoms with Crippen LogP contribution in [-0.2, 0) is 12.8 Å². The summed E-state index contributed by atoms with van der Waals surface area (Å²) < 4.78 is 33.2. The molecule has 0 heterocycles. The second-order valence-corrected chi connectivity index (χ2v) is 14.5. The Morgan fingerprint density at radius 2 is 1.00 bits per heavy atom. The van der Waals surface area contributed by atoms with Gasteiger partial charge in [0.2, 0.25) is 0 Å². The van der Waals surface area contributed by atoms with Gasteiger partial charge in [-0.1, -0.05) is 51.4 Å². The maximum absolute atomic E-state index is 14.0. The Morgan fingerprint density at radius 1 is 0.619 bits per heavy atom. The number of benzene rings is 2. The molecule has 0 spiro atoms. The van der Waals surface area contributed by atoms with Crippen LogP contribution in [0.5, 0.6) is 5.75 Å². The van der Waals surface area contributed by atoms with Gasteiger partial charge in [0.25, 0.3) is 0 Å². The van der Waals surface area contributed by atoms with E-state index in [4.69, 9.17) is 9.68 Å². The first-order valence-electron chi connectivity index (χ1n) is 17.1. The van der Waals surface area contributed by atoms with E-state index in [1.165, 1.54) is 120 Å². The van der Waals surface area contributed by atoms with E-state index in [2.05, 4.69) is 26.0 Å². The van der Waals surface area contributed by atoms with Gasteiger partial charge in [-0.15, -0.1) is 0 Å². The van der Waals surface area contributed by atoms with Gasteiger partial charge in [-0.3, -0.25) is 0 Å². The van der Waals surface area contributed by atoms with E-state index in [0.29, 0.717) is 5.92 Å². The minimum Gasteiger partial charge on any atom is -0.539 e. The average Bonchev–Trinajstić information content (AvgIpc) is 2.97. The summed E-state index contributed by atoms with van der Waals surface area (Å²) in [6.07, 6.45) is 21.1. The molecule has 2 nitrogen and oxygen atoms in total.